The Labute approximate surface area is 169 Å². The highest BCUT2D eigenvalue weighted by Crippen LogP contribution is 2.32. The minimum absolute atomic E-state index is 0.238. The van der Waals surface area contributed by atoms with Crippen molar-refractivity contribution < 1.29 is 18.8 Å². The van der Waals surface area contributed by atoms with Crippen molar-refractivity contribution in [3.8, 4) is 0 Å². The molecule has 8 nitrogen and oxygen atoms in total. The molecule has 0 spiro atoms. The molecule has 2 atom stereocenters. The monoisotopic (exact) mass is 415 g/mol. The van der Waals surface area contributed by atoms with Gasteiger partial charge in [-0.25, -0.2) is 9.29 Å². The average Bonchev–Trinajstić information content (AvgIpc) is 3.19. The summed E-state index contributed by atoms with van der Waals surface area (Å²) in [6.07, 6.45) is 0. The quantitative estimate of drug-likeness (QED) is 0.777. The third-order valence-electron chi connectivity index (χ3n) is 4.65. The normalized spacial score (nSPS) is 20.4. The summed E-state index contributed by atoms with van der Waals surface area (Å²) >= 11 is 6.12. The van der Waals surface area contributed by atoms with Crippen LogP contribution in [0.3, 0.4) is 0 Å². The zero-order chi connectivity index (χ0) is 20.7. The third-order valence-corrected chi connectivity index (χ3v) is 4.96. The molecule has 2 aromatic rings. The fraction of sp³-hybridized carbons (Fsp3) is 0.211. The van der Waals surface area contributed by atoms with Gasteiger partial charge in [-0.05, 0) is 48.9 Å². The number of aryl methyl sites for hydroxylation is 1. The molecular formula is C19H15ClFN5O3. The van der Waals surface area contributed by atoms with E-state index in [9.17, 15) is 18.8 Å². The first kappa shape index (κ1) is 19.0. The van der Waals surface area contributed by atoms with E-state index in [0.717, 1.165) is 22.6 Å². The lowest BCUT2D eigenvalue weighted by molar-refractivity contribution is -0.123. The largest absolute Gasteiger partial charge is 0.323 e. The fourth-order valence-electron chi connectivity index (χ4n) is 3.26. The van der Waals surface area contributed by atoms with Gasteiger partial charge in [-0.15, -0.1) is 0 Å². The van der Waals surface area contributed by atoms with Gasteiger partial charge in [-0.2, -0.15) is 5.11 Å². The number of anilines is 2. The van der Waals surface area contributed by atoms with Crippen LogP contribution in [0.15, 0.2) is 52.8 Å². The number of benzene rings is 2. The molecule has 2 aliphatic heterocycles. The standard InChI is InChI=1S/C19H15ClFN5O3/c1-10-2-7-14(13(20)8-10)22-15(27)9-25-17-16(23-24-25)18(28)26(19(17)29)12-5-3-11(21)4-6-12/h2-8,16-17H,9H2,1H3,(H,22,27)/t16-,17-/m1/s1. The number of hydrogen-bond acceptors (Lipinski definition) is 6. The predicted octanol–water partition coefficient (Wildman–Crippen LogP) is 2.72. The lowest BCUT2D eigenvalue weighted by Crippen LogP contribution is -2.43. The van der Waals surface area contributed by atoms with E-state index in [1.54, 1.807) is 18.2 Å². The van der Waals surface area contributed by atoms with Crippen molar-refractivity contribution in [1.82, 2.24) is 5.01 Å². The SMILES string of the molecule is Cc1ccc(NC(=O)CN2N=N[C@H]3C(=O)N(c4ccc(F)cc4)C(=O)[C@@H]32)c(Cl)c1. The van der Waals surface area contributed by atoms with Gasteiger partial charge in [0.05, 0.1) is 16.4 Å². The fourth-order valence-corrected chi connectivity index (χ4v) is 3.54. The number of nitrogens with one attached hydrogen (secondary N) is 1. The summed E-state index contributed by atoms with van der Waals surface area (Å²) in [4.78, 5) is 38.8. The second kappa shape index (κ2) is 7.25. The van der Waals surface area contributed by atoms with Gasteiger partial charge >= 0.3 is 0 Å². The summed E-state index contributed by atoms with van der Waals surface area (Å²) in [7, 11) is 0. The van der Waals surface area contributed by atoms with E-state index in [1.807, 2.05) is 6.92 Å². The van der Waals surface area contributed by atoms with E-state index in [-0.39, 0.29) is 12.2 Å². The van der Waals surface area contributed by atoms with Crippen molar-refractivity contribution in [3.05, 3.63) is 58.9 Å². The molecule has 4 rings (SSSR count). The van der Waals surface area contributed by atoms with Crippen LogP contribution in [0.5, 0.6) is 0 Å². The Morgan fingerprint density at radius 1 is 1.17 bits per heavy atom. The molecule has 10 heteroatoms. The first-order valence-corrected chi connectivity index (χ1v) is 9.10. The number of fused-ring (bicyclic) bond motifs is 1. The first-order chi connectivity index (χ1) is 13.8. The Kier molecular flexibility index (Phi) is 4.75. The van der Waals surface area contributed by atoms with Gasteiger partial charge in [-0.1, -0.05) is 22.9 Å². The highest BCUT2D eigenvalue weighted by atomic mass is 35.5. The van der Waals surface area contributed by atoms with Gasteiger partial charge in [0.2, 0.25) is 5.91 Å². The van der Waals surface area contributed by atoms with E-state index in [1.165, 1.54) is 17.1 Å². The van der Waals surface area contributed by atoms with Gasteiger partial charge in [0, 0.05) is 0 Å². The molecule has 148 valence electrons. The van der Waals surface area contributed by atoms with Crippen LogP contribution in [0.25, 0.3) is 0 Å². The Hall–Kier alpha value is -3.33. The molecule has 0 radical (unpaired) electrons. The molecule has 1 saturated heterocycles. The van der Waals surface area contributed by atoms with Crippen molar-refractivity contribution in [2.24, 2.45) is 10.3 Å². The number of hydrogen-bond donors (Lipinski definition) is 1. The topological polar surface area (TPSA) is 94.4 Å². The maximum Gasteiger partial charge on any atom is 0.263 e. The molecule has 0 aromatic heterocycles. The molecule has 2 heterocycles. The van der Waals surface area contributed by atoms with Crippen molar-refractivity contribution in [2.75, 3.05) is 16.8 Å². The maximum absolute atomic E-state index is 13.1. The Morgan fingerprint density at radius 2 is 1.90 bits per heavy atom. The second-order valence-corrected chi connectivity index (χ2v) is 7.12. The van der Waals surface area contributed by atoms with Gasteiger partial charge in [0.25, 0.3) is 11.8 Å². The minimum Gasteiger partial charge on any atom is -0.323 e. The number of carbonyl (C=O) groups is 3. The number of amides is 3. The van der Waals surface area contributed by atoms with Gasteiger partial charge in [-0.3, -0.25) is 19.4 Å². The van der Waals surface area contributed by atoms with Crippen LogP contribution in [-0.2, 0) is 14.4 Å². The molecule has 29 heavy (non-hydrogen) atoms. The van der Waals surface area contributed by atoms with Crippen molar-refractivity contribution in [3.63, 3.8) is 0 Å². The zero-order valence-corrected chi connectivity index (χ0v) is 15.9. The van der Waals surface area contributed by atoms with Crippen LogP contribution in [0, 0.1) is 12.7 Å². The highest BCUT2D eigenvalue weighted by Gasteiger charge is 2.55. The number of rotatable bonds is 4. The van der Waals surface area contributed by atoms with Crippen LogP contribution in [0.4, 0.5) is 15.8 Å². The van der Waals surface area contributed by atoms with Crippen LogP contribution < -0.4 is 10.2 Å². The van der Waals surface area contributed by atoms with Crippen molar-refractivity contribution in [2.45, 2.75) is 19.0 Å². The molecule has 3 amide bonds. The van der Waals surface area contributed by atoms with E-state index in [2.05, 4.69) is 15.7 Å². The maximum atomic E-state index is 13.1. The summed E-state index contributed by atoms with van der Waals surface area (Å²) in [5.41, 5.74) is 1.61. The van der Waals surface area contributed by atoms with Gasteiger partial charge < -0.3 is 5.32 Å². The summed E-state index contributed by atoms with van der Waals surface area (Å²) < 4.78 is 13.1. The number of carbonyl (C=O) groups excluding carboxylic acids is 3. The minimum atomic E-state index is -1.04. The van der Waals surface area contributed by atoms with E-state index >= 15 is 0 Å². The number of nitrogens with zero attached hydrogens (tertiary/aromatic N) is 4. The first-order valence-electron chi connectivity index (χ1n) is 8.72. The van der Waals surface area contributed by atoms with E-state index < -0.39 is 35.6 Å². The lowest BCUT2D eigenvalue weighted by Gasteiger charge is -2.20. The Morgan fingerprint density at radius 3 is 2.59 bits per heavy atom. The molecular weight excluding hydrogens is 401 g/mol. The Bertz CT molecular complexity index is 1040. The van der Waals surface area contributed by atoms with E-state index in [0.29, 0.717) is 10.7 Å². The van der Waals surface area contributed by atoms with Crippen LogP contribution in [0.1, 0.15) is 5.56 Å². The summed E-state index contributed by atoms with van der Waals surface area (Å²) in [6, 6.07) is 8.10. The van der Waals surface area contributed by atoms with Crippen molar-refractivity contribution in [1.29, 1.82) is 0 Å². The van der Waals surface area contributed by atoms with Gasteiger partial charge in [0.15, 0.2) is 12.1 Å². The zero-order valence-electron chi connectivity index (χ0n) is 15.2. The number of imide groups is 1. The number of halogens is 2. The molecule has 2 aliphatic rings. The van der Waals surface area contributed by atoms with Crippen LogP contribution >= 0.6 is 11.6 Å². The summed E-state index contributed by atoms with van der Waals surface area (Å²) in [6.45, 7) is 1.59. The molecule has 2 aromatic carbocycles. The van der Waals surface area contributed by atoms with Crippen molar-refractivity contribution >= 4 is 40.7 Å². The molecule has 0 aliphatic carbocycles. The summed E-state index contributed by atoms with van der Waals surface area (Å²) in [5.74, 6) is -2.09. The smallest absolute Gasteiger partial charge is 0.263 e. The molecule has 1 fully saturated rings. The average molecular weight is 416 g/mol. The molecule has 0 unspecified atom stereocenters. The highest BCUT2D eigenvalue weighted by molar-refractivity contribution is 6.33. The van der Waals surface area contributed by atoms with E-state index in [4.69, 9.17) is 11.6 Å². The summed E-state index contributed by atoms with van der Waals surface area (Å²) in [5, 5.41) is 11.9. The molecule has 0 saturated carbocycles. The molecule has 1 N–H and O–H groups in total. The molecule has 0 bridgehead atoms. The lowest BCUT2D eigenvalue weighted by atomic mass is 10.1. The van der Waals surface area contributed by atoms with Gasteiger partial charge in [0.1, 0.15) is 12.4 Å². The van der Waals surface area contributed by atoms with Crippen LogP contribution in [-0.4, -0.2) is 41.4 Å². The predicted molar refractivity (Wildman–Crippen MR) is 103 cm³/mol. The second-order valence-electron chi connectivity index (χ2n) is 6.71. The third kappa shape index (κ3) is 3.44. The van der Waals surface area contributed by atoms with Crippen LogP contribution in [0.2, 0.25) is 5.02 Å². The Balaban J connectivity index is 1.49.